The molecule has 0 aliphatic heterocycles. The summed E-state index contributed by atoms with van der Waals surface area (Å²) in [7, 11) is 0. The Kier molecular flexibility index (Phi) is 4.26. The Bertz CT molecular complexity index is 1040. The van der Waals surface area contributed by atoms with Crippen LogP contribution < -0.4 is 10.1 Å². The second-order valence-corrected chi connectivity index (χ2v) is 5.60. The van der Waals surface area contributed by atoms with E-state index in [-0.39, 0.29) is 12.5 Å². The van der Waals surface area contributed by atoms with Crippen LogP contribution in [0.5, 0.6) is 11.5 Å². The number of rotatable bonds is 5. The maximum Gasteiger partial charge on any atom is 0.246 e. The highest BCUT2D eigenvalue weighted by Crippen LogP contribution is 2.29. The van der Waals surface area contributed by atoms with Crippen LogP contribution in [0.15, 0.2) is 73.4 Å². The van der Waals surface area contributed by atoms with Gasteiger partial charge in [0.2, 0.25) is 5.91 Å². The van der Waals surface area contributed by atoms with E-state index < -0.39 is 0 Å². The molecule has 2 aromatic carbocycles. The van der Waals surface area contributed by atoms with E-state index in [4.69, 9.17) is 4.74 Å². The monoisotopic (exact) mass is 345 g/mol. The van der Waals surface area contributed by atoms with Gasteiger partial charge in [0.15, 0.2) is 0 Å². The van der Waals surface area contributed by atoms with Gasteiger partial charge in [-0.2, -0.15) is 5.10 Å². The van der Waals surface area contributed by atoms with E-state index in [2.05, 4.69) is 20.4 Å². The van der Waals surface area contributed by atoms with Crippen molar-refractivity contribution in [3.63, 3.8) is 0 Å². The van der Waals surface area contributed by atoms with Crippen LogP contribution in [0.1, 0.15) is 0 Å². The molecule has 128 valence electrons. The first kappa shape index (κ1) is 15.8. The Labute approximate surface area is 149 Å². The molecule has 0 atom stereocenters. The number of carbonyl (C=O) groups excluding carboxylic acids is 1. The Hall–Kier alpha value is -3.74. The van der Waals surface area contributed by atoms with Gasteiger partial charge in [0.25, 0.3) is 0 Å². The smallest absolute Gasteiger partial charge is 0.246 e. The van der Waals surface area contributed by atoms with E-state index in [1.807, 2.05) is 42.5 Å². The van der Waals surface area contributed by atoms with Crippen molar-refractivity contribution in [1.29, 1.82) is 0 Å². The molecular formula is C19H15N5O2. The summed E-state index contributed by atoms with van der Waals surface area (Å²) in [4.78, 5) is 20.2. The Morgan fingerprint density at radius 1 is 1.12 bits per heavy atom. The van der Waals surface area contributed by atoms with E-state index in [0.717, 1.165) is 10.9 Å². The Balaban J connectivity index is 1.51. The average Bonchev–Trinajstić information content (AvgIpc) is 3.15. The number of hydrogen-bond donors (Lipinski definition) is 1. The van der Waals surface area contributed by atoms with Crippen molar-refractivity contribution < 1.29 is 9.53 Å². The van der Waals surface area contributed by atoms with Crippen molar-refractivity contribution >= 4 is 22.5 Å². The minimum absolute atomic E-state index is 0.0973. The first-order chi connectivity index (χ1) is 12.8. The molecule has 7 heteroatoms. The minimum Gasteiger partial charge on any atom is -0.457 e. The molecule has 0 saturated heterocycles. The number of ether oxygens (including phenoxy) is 1. The van der Waals surface area contributed by atoms with Crippen LogP contribution in [0.2, 0.25) is 0 Å². The van der Waals surface area contributed by atoms with E-state index in [0.29, 0.717) is 17.2 Å². The molecule has 26 heavy (non-hydrogen) atoms. The lowest BCUT2D eigenvalue weighted by atomic mass is 10.2. The molecule has 0 bridgehead atoms. The van der Waals surface area contributed by atoms with E-state index in [1.165, 1.54) is 17.3 Å². The van der Waals surface area contributed by atoms with Gasteiger partial charge < -0.3 is 10.1 Å². The highest BCUT2D eigenvalue weighted by Gasteiger charge is 2.07. The van der Waals surface area contributed by atoms with Crippen molar-refractivity contribution in [3.05, 3.63) is 73.4 Å². The van der Waals surface area contributed by atoms with Gasteiger partial charge in [-0.1, -0.05) is 18.2 Å². The third-order valence-corrected chi connectivity index (χ3v) is 3.73. The number of carbonyl (C=O) groups is 1. The zero-order chi connectivity index (χ0) is 17.8. The topological polar surface area (TPSA) is 81.9 Å². The van der Waals surface area contributed by atoms with Crippen molar-refractivity contribution in [2.24, 2.45) is 0 Å². The van der Waals surface area contributed by atoms with Crippen molar-refractivity contribution in [2.75, 3.05) is 5.32 Å². The van der Waals surface area contributed by atoms with Crippen LogP contribution in [0, 0.1) is 0 Å². The number of pyridine rings is 1. The van der Waals surface area contributed by atoms with Gasteiger partial charge in [-0.25, -0.2) is 9.67 Å². The quantitative estimate of drug-likeness (QED) is 0.600. The second-order valence-electron chi connectivity index (χ2n) is 5.60. The van der Waals surface area contributed by atoms with Crippen LogP contribution in [-0.2, 0) is 11.3 Å². The van der Waals surface area contributed by atoms with E-state index in [9.17, 15) is 4.79 Å². The first-order valence-corrected chi connectivity index (χ1v) is 8.02. The minimum atomic E-state index is -0.193. The molecular weight excluding hydrogens is 330 g/mol. The number of nitrogens with one attached hydrogen (secondary N) is 1. The maximum atomic E-state index is 12.1. The summed E-state index contributed by atoms with van der Waals surface area (Å²) in [6.07, 6.45) is 4.59. The number of amides is 1. The zero-order valence-electron chi connectivity index (χ0n) is 13.7. The van der Waals surface area contributed by atoms with Gasteiger partial charge >= 0.3 is 0 Å². The summed E-state index contributed by atoms with van der Waals surface area (Å²) < 4.78 is 7.46. The van der Waals surface area contributed by atoms with Gasteiger partial charge in [0.05, 0.1) is 5.52 Å². The molecule has 0 fully saturated rings. The predicted molar refractivity (Wildman–Crippen MR) is 96.9 cm³/mol. The molecule has 0 aliphatic carbocycles. The van der Waals surface area contributed by atoms with Gasteiger partial charge in [-0.3, -0.25) is 9.78 Å². The molecule has 2 heterocycles. The lowest BCUT2D eigenvalue weighted by Crippen LogP contribution is -2.18. The van der Waals surface area contributed by atoms with Crippen LogP contribution in [0.25, 0.3) is 10.9 Å². The molecule has 0 unspecified atom stereocenters. The highest BCUT2D eigenvalue weighted by atomic mass is 16.5. The summed E-state index contributed by atoms with van der Waals surface area (Å²) >= 11 is 0. The number of anilines is 1. The number of aromatic nitrogens is 4. The molecule has 0 radical (unpaired) electrons. The second kappa shape index (κ2) is 7.02. The largest absolute Gasteiger partial charge is 0.457 e. The third kappa shape index (κ3) is 3.51. The number of para-hydroxylation sites is 1. The van der Waals surface area contributed by atoms with Crippen LogP contribution in [0.3, 0.4) is 0 Å². The third-order valence-electron chi connectivity index (χ3n) is 3.73. The van der Waals surface area contributed by atoms with Crippen molar-refractivity contribution in [2.45, 2.75) is 6.54 Å². The van der Waals surface area contributed by atoms with Crippen LogP contribution >= 0.6 is 0 Å². The molecule has 0 aliphatic rings. The Morgan fingerprint density at radius 2 is 2.04 bits per heavy atom. The summed E-state index contributed by atoms with van der Waals surface area (Å²) in [5.74, 6) is 1.14. The fourth-order valence-electron chi connectivity index (χ4n) is 2.58. The molecule has 2 aromatic heterocycles. The van der Waals surface area contributed by atoms with Gasteiger partial charge in [-0.05, 0) is 30.3 Å². The van der Waals surface area contributed by atoms with Crippen LogP contribution in [-0.4, -0.2) is 25.7 Å². The molecule has 7 nitrogen and oxygen atoms in total. The number of benzene rings is 2. The normalized spacial score (nSPS) is 10.6. The average molecular weight is 345 g/mol. The first-order valence-electron chi connectivity index (χ1n) is 8.02. The number of nitrogens with zero attached hydrogens (tertiary/aromatic N) is 4. The van der Waals surface area contributed by atoms with Gasteiger partial charge in [0.1, 0.15) is 30.7 Å². The van der Waals surface area contributed by atoms with E-state index in [1.54, 1.807) is 18.3 Å². The van der Waals surface area contributed by atoms with Gasteiger partial charge in [-0.15, -0.1) is 0 Å². The summed E-state index contributed by atoms with van der Waals surface area (Å²) in [5.41, 5.74) is 1.51. The number of hydrogen-bond acceptors (Lipinski definition) is 5. The zero-order valence-corrected chi connectivity index (χ0v) is 13.7. The van der Waals surface area contributed by atoms with Gasteiger partial charge in [0, 0.05) is 23.3 Å². The standard InChI is InChI=1S/C19H15N5O2/c25-19(11-24-13-20-12-22-24)23-14-4-3-5-15(10-14)26-18-8-9-21-17-7-2-1-6-16(17)18/h1-10,12-13H,11H2,(H,23,25). The molecule has 1 amide bonds. The Morgan fingerprint density at radius 3 is 2.92 bits per heavy atom. The van der Waals surface area contributed by atoms with E-state index >= 15 is 0 Å². The van der Waals surface area contributed by atoms with Crippen LogP contribution in [0.4, 0.5) is 5.69 Å². The number of fused-ring (bicyclic) bond motifs is 1. The summed E-state index contributed by atoms with van der Waals surface area (Å²) in [6.45, 7) is 0.0973. The molecule has 1 N–H and O–H groups in total. The predicted octanol–water partition coefficient (Wildman–Crippen LogP) is 3.26. The fraction of sp³-hybridized carbons (Fsp3) is 0.0526. The lowest BCUT2D eigenvalue weighted by Gasteiger charge is -2.10. The molecule has 4 aromatic rings. The lowest BCUT2D eigenvalue weighted by molar-refractivity contribution is -0.116. The van der Waals surface area contributed by atoms with Crippen molar-refractivity contribution in [1.82, 2.24) is 19.7 Å². The van der Waals surface area contributed by atoms with Crippen molar-refractivity contribution in [3.8, 4) is 11.5 Å². The fourth-order valence-corrected chi connectivity index (χ4v) is 2.58. The molecule has 0 spiro atoms. The highest BCUT2D eigenvalue weighted by molar-refractivity contribution is 5.90. The maximum absolute atomic E-state index is 12.1. The molecule has 4 rings (SSSR count). The summed E-state index contributed by atoms with van der Waals surface area (Å²) in [5, 5.41) is 7.66. The SMILES string of the molecule is O=C(Cn1cncn1)Nc1cccc(Oc2ccnc3ccccc23)c1. The summed E-state index contributed by atoms with van der Waals surface area (Å²) in [6, 6.07) is 16.8. The molecule has 0 saturated carbocycles.